The highest BCUT2D eigenvalue weighted by molar-refractivity contribution is 5.87. The Morgan fingerprint density at radius 3 is 3.09 bits per heavy atom. The van der Waals surface area contributed by atoms with Crippen molar-refractivity contribution in [1.82, 2.24) is 5.16 Å². The molecule has 0 spiro atoms. The number of fused-ring (bicyclic) bond motifs is 1. The quantitative estimate of drug-likeness (QED) is 0.635. The fraction of sp³-hybridized carbons (Fsp3) is 0.333. The molecule has 1 aliphatic heterocycles. The molecule has 2 rings (SSSR count). The Morgan fingerprint density at radius 1 is 1.55 bits per heavy atom. The van der Waals surface area contributed by atoms with E-state index in [1.165, 1.54) is 0 Å². The van der Waals surface area contributed by atoms with Gasteiger partial charge in [-0.2, -0.15) is 0 Å². The van der Waals surface area contributed by atoms with E-state index in [2.05, 4.69) is 5.16 Å². The molecular weight excluding hydrogens is 150 g/mol. The molecule has 1 aromatic rings. The molecule has 0 aromatic carbocycles. The van der Waals surface area contributed by atoms with Crippen LogP contribution in [-0.2, 0) is 18.0 Å². The summed E-state index contributed by atoms with van der Waals surface area (Å²) in [6.45, 7) is 0.621. The van der Waals surface area contributed by atoms with Gasteiger partial charge in [-0.25, -0.2) is 4.79 Å². The molecule has 0 atom stereocenters. The van der Waals surface area contributed by atoms with Crippen molar-refractivity contribution in [2.24, 2.45) is 0 Å². The van der Waals surface area contributed by atoms with Crippen molar-refractivity contribution in [3.05, 3.63) is 17.0 Å². The summed E-state index contributed by atoms with van der Waals surface area (Å²) in [7, 11) is 0. The van der Waals surface area contributed by atoms with Gasteiger partial charge in [-0.05, 0) is 0 Å². The number of carboxylic acid groups (broad SMARTS) is 1. The van der Waals surface area contributed by atoms with Gasteiger partial charge in [-0.15, -0.1) is 0 Å². The fourth-order valence-electron chi connectivity index (χ4n) is 1.02. The van der Waals surface area contributed by atoms with E-state index in [4.69, 9.17) is 14.4 Å². The summed E-state index contributed by atoms with van der Waals surface area (Å²) in [6, 6.07) is 0. The van der Waals surface area contributed by atoms with Gasteiger partial charge in [-0.1, -0.05) is 5.16 Å². The van der Waals surface area contributed by atoms with Crippen molar-refractivity contribution in [3.63, 3.8) is 0 Å². The van der Waals surface area contributed by atoms with Crippen LogP contribution in [0.1, 0.15) is 21.8 Å². The highest BCUT2D eigenvalue weighted by atomic mass is 16.5. The lowest BCUT2D eigenvalue weighted by Crippen LogP contribution is -2.00. The van der Waals surface area contributed by atoms with Crippen molar-refractivity contribution in [2.75, 3.05) is 0 Å². The van der Waals surface area contributed by atoms with Gasteiger partial charge in [0, 0.05) is 0 Å². The first-order valence-electron chi connectivity index (χ1n) is 3.07. The van der Waals surface area contributed by atoms with Gasteiger partial charge in [0.25, 0.3) is 0 Å². The largest absolute Gasteiger partial charge is 0.476 e. The molecule has 1 aromatic heterocycles. The molecule has 0 saturated heterocycles. The number of hydrogen-bond donors (Lipinski definition) is 1. The second-order valence-electron chi connectivity index (χ2n) is 2.23. The predicted molar refractivity (Wildman–Crippen MR) is 32.0 cm³/mol. The number of nitrogens with zero attached hydrogens (tertiary/aromatic N) is 1. The summed E-state index contributed by atoms with van der Waals surface area (Å²) in [4.78, 5) is 10.4. The van der Waals surface area contributed by atoms with Gasteiger partial charge in [0.15, 0.2) is 11.5 Å². The van der Waals surface area contributed by atoms with Crippen LogP contribution in [0.5, 0.6) is 0 Å². The van der Waals surface area contributed by atoms with Gasteiger partial charge in [0.05, 0.1) is 12.2 Å². The maximum atomic E-state index is 10.4. The molecule has 0 radical (unpaired) electrons. The summed E-state index contributed by atoms with van der Waals surface area (Å²) in [5, 5.41) is 11.9. The van der Waals surface area contributed by atoms with Crippen molar-refractivity contribution < 1.29 is 19.2 Å². The van der Waals surface area contributed by atoms with E-state index in [0.29, 0.717) is 24.5 Å². The van der Waals surface area contributed by atoms with Crippen molar-refractivity contribution in [1.29, 1.82) is 0 Å². The third kappa shape index (κ3) is 0.813. The normalized spacial score (nSPS) is 14.9. The SMILES string of the molecule is O=C(O)c1noc2c1COC2. The molecule has 0 amide bonds. The molecule has 0 saturated carbocycles. The molecule has 11 heavy (non-hydrogen) atoms. The highest BCUT2D eigenvalue weighted by Crippen LogP contribution is 2.22. The van der Waals surface area contributed by atoms with Crippen LogP contribution >= 0.6 is 0 Å². The van der Waals surface area contributed by atoms with E-state index < -0.39 is 5.97 Å². The minimum absolute atomic E-state index is 0.0301. The Morgan fingerprint density at radius 2 is 2.36 bits per heavy atom. The van der Waals surface area contributed by atoms with E-state index in [-0.39, 0.29) is 5.69 Å². The Balaban J connectivity index is 2.50. The zero-order valence-corrected chi connectivity index (χ0v) is 5.53. The first-order valence-corrected chi connectivity index (χ1v) is 3.07. The molecule has 5 nitrogen and oxygen atoms in total. The molecule has 1 N–H and O–H groups in total. The molecular formula is C6H5NO4. The second kappa shape index (κ2) is 2.06. The number of carbonyl (C=O) groups is 1. The third-order valence-electron chi connectivity index (χ3n) is 1.55. The number of ether oxygens (including phenoxy) is 1. The van der Waals surface area contributed by atoms with Gasteiger partial charge in [0.2, 0.25) is 0 Å². The lowest BCUT2D eigenvalue weighted by atomic mass is 10.2. The van der Waals surface area contributed by atoms with Crippen LogP contribution in [0.3, 0.4) is 0 Å². The van der Waals surface area contributed by atoms with E-state index in [1.54, 1.807) is 0 Å². The average Bonchev–Trinajstić information content (AvgIpc) is 2.41. The maximum absolute atomic E-state index is 10.4. The minimum Gasteiger partial charge on any atom is -0.476 e. The Kier molecular flexibility index (Phi) is 1.19. The Labute approximate surface area is 61.6 Å². The predicted octanol–water partition coefficient (Wildman–Crippen LogP) is 0.403. The number of hydrogen-bond acceptors (Lipinski definition) is 4. The number of aromatic nitrogens is 1. The standard InChI is InChI=1S/C6H5NO4/c8-6(9)5-3-1-10-2-4(3)11-7-5/h1-2H2,(H,8,9). The van der Waals surface area contributed by atoms with E-state index >= 15 is 0 Å². The van der Waals surface area contributed by atoms with Crippen LogP contribution in [0.2, 0.25) is 0 Å². The smallest absolute Gasteiger partial charge is 0.358 e. The van der Waals surface area contributed by atoms with Crippen molar-refractivity contribution >= 4 is 5.97 Å². The molecule has 0 unspecified atom stereocenters. The number of carboxylic acids is 1. The summed E-state index contributed by atoms with van der Waals surface area (Å²) in [5.41, 5.74) is 0.537. The Bertz CT molecular complexity index is 304. The molecule has 1 aliphatic rings. The van der Waals surface area contributed by atoms with Gasteiger partial charge < -0.3 is 14.4 Å². The van der Waals surface area contributed by atoms with Gasteiger partial charge >= 0.3 is 5.97 Å². The monoisotopic (exact) mass is 155 g/mol. The lowest BCUT2D eigenvalue weighted by molar-refractivity contribution is 0.0672. The van der Waals surface area contributed by atoms with E-state index in [0.717, 1.165) is 0 Å². The van der Waals surface area contributed by atoms with E-state index in [9.17, 15) is 4.79 Å². The fourth-order valence-corrected chi connectivity index (χ4v) is 1.02. The van der Waals surface area contributed by atoms with Crippen LogP contribution in [-0.4, -0.2) is 16.2 Å². The molecule has 5 heteroatoms. The zero-order chi connectivity index (χ0) is 7.84. The van der Waals surface area contributed by atoms with Crippen LogP contribution in [0.15, 0.2) is 4.52 Å². The molecule has 0 fully saturated rings. The number of aromatic carboxylic acids is 1. The van der Waals surface area contributed by atoms with Crippen LogP contribution in [0.4, 0.5) is 0 Å². The molecule has 0 bridgehead atoms. The van der Waals surface area contributed by atoms with Crippen molar-refractivity contribution in [3.8, 4) is 0 Å². The van der Waals surface area contributed by atoms with Crippen molar-refractivity contribution in [2.45, 2.75) is 13.2 Å². The first kappa shape index (κ1) is 6.36. The highest BCUT2D eigenvalue weighted by Gasteiger charge is 2.25. The zero-order valence-electron chi connectivity index (χ0n) is 5.53. The average molecular weight is 155 g/mol. The summed E-state index contributed by atoms with van der Waals surface area (Å²) < 4.78 is 9.66. The number of rotatable bonds is 1. The van der Waals surface area contributed by atoms with Crippen LogP contribution in [0.25, 0.3) is 0 Å². The van der Waals surface area contributed by atoms with E-state index in [1.807, 2.05) is 0 Å². The second-order valence-corrected chi connectivity index (χ2v) is 2.23. The summed E-state index contributed by atoms with van der Waals surface area (Å²) in [6.07, 6.45) is 0. The maximum Gasteiger partial charge on any atom is 0.358 e. The topological polar surface area (TPSA) is 72.6 Å². The first-order chi connectivity index (χ1) is 5.29. The summed E-state index contributed by atoms with van der Waals surface area (Å²) >= 11 is 0. The van der Waals surface area contributed by atoms with Gasteiger partial charge in [-0.3, -0.25) is 0 Å². The molecule has 0 aliphatic carbocycles. The Hall–Kier alpha value is -1.36. The van der Waals surface area contributed by atoms with Crippen LogP contribution in [0, 0.1) is 0 Å². The molecule has 58 valence electrons. The van der Waals surface area contributed by atoms with Crippen LogP contribution < -0.4 is 0 Å². The van der Waals surface area contributed by atoms with Gasteiger partial charge in [0.1, 0.15) is 6.61 Å². The lowest BCUT2D eigenvalue weighted by Gasteiger charge is -1.87. The minimum atomic E-state index is -1.07. The summed E-state index contributed by atoms with van der Waals surface area (Å²) in [5.74, 6) is -0.539. The molecule has 2 heterocycles. The third-order valence-corrected chi connectivity index (χ3v) is 1.55.